The second-order valence-corrected chi connectivity index (χ2v) is 4.48. The number of carbonyl (C=O) groups is 1. The Morgan fingerprint density at radius 3 is 2.58 bits per heavy atom. The quantitative estimate of drug-likeness (QED) is 0.847. The molecule has 19 heavy (non-hydrogen) atoms. The van der Waals surface area contributed by atoms with Crippen LogP contribution in [-0.4, -0.2) is 5.91 Å². The van der Waals surface area contributed by atoms with Gasteiger partial charge in [0.1, 0.15) is 0 Å². The summed E-state index contributed by atoms with van der Waals surface area (Å²) in [6.45, 7) is 0. The molecule has 0 radical (unpaired) electrons. The zero-order chi connectivity index (χ0) is 13.8. The van der Waals surface area contributed by atoms with Gasteiger partial charge >= 0.3 is 0 Å². The van der Waals surface area contributed by atoms with Crippen LogP contribution in [-0.2, 0) is 11.2 Å². The summed E-state index contributed by atoms with van der Waals surface area (Å²) in [6.07, 6.45) is 0.145. The monoisotopic (exact) mass is 278 g/mol. The van der Waals surface area contributed by atoms with Gasteiger partial charge in [-0.3, -0.25) is 4.79 Å². The molecular formula is C14H12ClFN2O. The van der Waals surface area contributed by atoms with Crippen molar-refractivity contribution >= 4 is 28.9 Å². The van der Waals surface area contributed by atoms with Crippen LogP contribution in [0.1, 0.15) is 5.56 Å². The molecule has 0 spiro atoms. The smallest absolute Gasteiger partial charge is 0.228 e. The Balaban J connectivity index is 2.05. The highest BCUT2D eigenvalue weighted by molar-refractivity contribution is 6.31. The van der Waals surface area contributed by atoms with E-state index < -0.39 is 5.82 Å². The molecule has 2 rings (SSSR count). The van der Waals surface area contributed by atoms with Gasteiger partial charge in [0.25, 0.3) is 0 Å². The average molecular weight is 279 g/mol. The van der Waals surface area contributed by atoms with Crippen molar-refractivity contribution < 1.29 is 9.18 Å². The molecule has 3 N–H and O–H groups in total. The van der Waals surface area contributed by atoms with Crippen LogP contribution in [0.2, 0.25) is 5.02 Å². The van der Waals surface area contributed by atoms with E-state index in [1.807, 2.05) is 0 Å². The van der Waals surface area contributed by atoms with Crippen molar-refractivity contribution in [3.63, 3.8) is 0 Å². The van der Waals surface area contributed by atoms with E-state index in [-0.39, 0.29) is 23.0 Å². The number of halogens is 2. The number of hydrogen-bond acceptors (Lipinski definition) is 2. The van der Waals surface area contributed by atoms with Gasteiger partial charge in [0, 0.05) is 5.69 Å². The molecule has 0 aliphatic rings. The van der Waals surface area contributed by atoms with E-state index in [1.54, 1.807) is 30.3 Å². The number of carbonyl (C=O) groups excluding carboxylic acids is 1. The van der Waals surface area contributed by atoms with Crippen LogP contribution in [0.3, 0.4) is 0 Å². The molecule has 0 fully saturated rings. The second kappa shape index (κ2) is 5.71. The first-order valence-corrected chi connectivity index (χ1v) is 6.02. The van der Waals surface area contributed by atoms with E-state index in [2.05, 4.69) is 5.32 Å². The minimum absolute atomic E-state index is 0.0229. The number of hydrogen-bond donors (Lipinski definition) is 2. The molecule has 0 saturated heterocycles. The molecule has 98 valence electrons. The Morgan fingerprint density at radius 2 is 1.89 bits per heavy atom. The van der Waals surface area contributed by atoms with Crippen LogP contribution in [0, 0.1) is 5.82 Å². The van der Waals surface area contributed by atoms with Gasteiger partial charge in [-0.05, 0) is 29.8 Å². The van der Waals surface area contributed by atoms with E-state index in [0.717, 1.165) is 5.56 Å². The number of anilines is 2. The zero-order valence-electron chi connectivity index (χ0n) is 9.99. The maximum atomic E-state index is 13.6. The van der Waals surface area contributed by atoms with Crippen LogP contribution in [0.5, 0.6) is 0 Å². The lowest BCUT2D eigenvalue weighted by molar-refractivity contribution is -0.115. The fraction of sp³-hybridized carbons (Fsp3) is 0.0714. The first-order chi connectivity index (χ1) is 9.06. The number of benzene rings is 2. The highest BCUT2D eigenvalue weighted by Crippen LogP contribution is 2.22. The largest absolute Gasteiger partial charge is 0.399 e. The van der Waals surface area contributed by atoms with Gasteiger partial charge in [-0.1, -0.05) is 29.8 Å². The predicted molar refractivity (Wildman–Crippen MR) is 74.6 cm³/mol. The molecular weight excluding hydrogens is 267 g/mol. The number of rotatable bonds is 3. The van der Waals surface area contributed by atoms with Crippen molar-refractivity contribution in [3.05, 3.63) is 58.9 Å². The molecule has 0 aliphatic carbocycles. The van der Waals surface area contributed by atoms with Crippen LogP contribution in [0.15, 0.2) is 42.5 Å². The Kier molecular flexibility index (Phi) is 4.02. The summed E-state index contributed by atoms with van der Waals surface area (Å²) in [7, 11) is 0. The van der Waals surface area contributed by atoms with Crippen molar-refractivity contribution in [2.75, 3.05) is 11.1 Å². The van der Waals surface area contributed by atoms with Gasteiger partial charge in [0.05, 0.1) is 17.1 Å². The zero-order valence-corrected chi connectivity index (χ0v) is 10.7. The van der Waals surface area contributed by atoms with Gasteiger partial charge < -0.3 is 11.1 Å². The molecule has 0 atom stereocenters. The molecule has 5 heteroatoms. The minimum atomic E-state index is -0.630. The lowest BCUT2D eigenvalue weighted by Crippen LogP contribution is -2.15. The third kappa shape index (κ3) is 3.45. The number of amides is 1. The van der Waals surface area contributed by atoms with E-state index in [0.29, 0.717) is 5.69 Å². The van der Waals surface area contributed by atoms with Crippen molar-refractivity contribution in [2.24, 2.45) is 0 Å². The standard InChI is InChI=1S/C14H12ClFN2O/c15-11-2-1-3-12(14(11)16)18-13(19)8-9-4-6-10(17)7-5-9/h1-7H,8,17H2,(H,18,19). The first kappa shape index (κ1) is 13.4. The topological polar surface area (TPSA) is 55.1 Å². The molecule has 1 amide bonds. The van der Waals surface area contributed by atoms with Crippen molar-refractivity contribution in [3.8, 4) is 0 Å². The molecule has 2 aromatic carbocycles. The maximum Gasteiger partial charge on any atom is 0.228 e. The highest BCUT2D eigenvalue weighted by Gasteiger charge is 2.10. The lowest BCUT2D eigenvalue weighted by atomic mass is 10.1. The Morgan fingerprint density at radius 1 is 1.21 bits per heavy atom. The molecule has 0 bridgehead atoms. The summed E-state index contributed by atoms with van der Waals surface area (Å²) in [4.78, 5) is 11.8. The summed E-state index contributed by atoms with van der Waals surface area (Å²) in [6, 6.07) is 11.4. The van der Waals surface area contributed by atoms with Crippen LogP contribution >= 0.6 is 11.6 Å². The van der Waals surface area contributed by atoms with E-state index in [9.17, 15) is 9.18 Å². The summed E-state index contributed by atoms with van der Waals surface area (Å²) >= 11 is 5.63. The average Bonchev–Trinajstić information content (AvgIpc) is 2.38. The molecule has 0 saturated carbocycles. The highest BCUT2D eigenvalue weighted by atomic mass is 35.5. The summed E-state index contributed by atoms with van der Waals surface area (Å²) in [5.74, 6) is -0.944. The normalized spacial score (nSPS) is 10.2. The van der Waals surface area contributed by atoms with Crippen LogP contribution in [0.25, 0.3) is 0 Å². The maximum absolute atomic E-state index is 13.6. The second-order valence-electron chi connectivity index (χ2n) is 4.07. The fourth-order valence-electron chi connectivity index (χ4n) is 1.62. The summed E-state index contributed by atoms with van der Waals surface area (Å²) < 4.78 is 13.6. The third-order valence-corrected chi connectivity index (χ3v) is 2.86. The third-order valence-electron chi connectivity index (χ3n) is 2.57. The van der Waals surface area contributed by atoms with Crippen molar-refractivity contribution in [1.82, 2.24) is 0 Å². The SMILES string of the molecule is Nc1ccc(CC(=O)Nc2cccc(Cl)c2F)cc1. The molecule has 2 aromatic rings. The minimum Gasteiger partial charge on any atom is -0.399 e. The Labute approximate surface area is 115 Å². The van der Waals surface area contributed by atoms with Gasteiger partial charge in [0.15, 0.2) is 5.82 Å². The fourth-order valence-corrected chi connectivity index (χ4v) is 1.79. The summed E-state index contributed by atoms with van der Waals surface area (Å²) in [5.41, 5.74) is 7.06. The molecule has 0 unspecified atom stereocenters. The van der Waals surface area contributed by atoms with E-state index >= 15 is 0 Å². The van der Waals surface area contributed by atoms with Gasteiger partial charge in [0.2, 0.25) is 5.91 Å². The van der Waals surface area contributed by atoms with Gasteiger partial charge in [-0.2, -0.15) is 0 Å². The molecule has 3 nitrogen and oxygen atoms in total. The summed E-state index contributed by atoms with van der Waals surface area (Å²) in [5, 5.41) is 2.46. The predicted octanol–water partition coefficient (Wildman–Crippen LogP) is 3.24. The van der Waals surface area contributed by atoms with Gasteiger partial charge in [-0.15, -0.1) is 0 Å². The molecule has 0 aromatic heterocycles. The lowest BCUT2D eigenvalue weighted by Gasteiger charge is -2.07. The van der Waals surface area contributed by atoms with E-state index in [4.69, 9.17) is 17.3 Å². The number of nitrogen functional groups attached to an aromatic ring is 1. The Hall–Kier alpha value is -2.07. The number of nitrogens with two attached hydrogens (primary N) is 1. The first-order valence-electron chi connectivity index (χ1n) is 5.64. The molecule has 0 aliphatic heterocycles. The van der Waals surface area contributed by atoms with E-state index in [1.165, 1.54) is 12.1 Å². The number of nitrogens with one attached hydrogen (secondary N) is 1. The van der Waals surface area contributed by atoms with Crippen LogP contribution < -0.4 is 11.1 Å². The Bertz CT molecular complexity index is 599. The van der Waals surface area contributed by atoms with Crippen LogP contribution in [0.4, 0.5) is 15.8 Å². The van der Waals surface area contributed by atoms with Crippen molar-refractivity contribution in [1.29, 1.82) is 0 Å². The van der Waals surface area contributed by atoms with Gasteiger partial charge in [-0.25, -0.2) is 4.39 Å². The molecule has 0 heterocycles. The van der Waals surface area contributed by atoms with Crippen molar-refractivity contribution in [2.45, 2.75) is 6.42 Å².